The number of nitrogens with zero attached hydrogens (tertiary/aromatic N) is 1. The molecule has 0 spiro atoms. The summed E-state index contributed by atoms with van der Waals surface area (Å²) in [4.78, 5) is 27.0. The van der Waals surface area contributed by atoms with E-state index in [0.29, 0.717) is 23.0 Å². The lowest BCUT2D eigenvalue weighted by molar-refractivity contribution is -0.145. The van der Waals surface area contributed by atoms with Gasteiger partial charge in [0.2, 0.25) is 0 Å². The van der Waals surface area contributed by atoms with Crippen LogP contribution < -0.4 is 9.47 Å². The lowest BCUT2D eigenvalue weighted by Gasteiger charge is -2.23. The first-order valence-electron chi connectivity index (χ1n) is 13.3. The summed E-state index contributed by atoms with van der Waals surface area (Å²) in [6, 6.07) is 13.7. The van der Waals surface area contributed by atoms with Crippen LogP contribution in [0, 0.1) is 0 Å². The highest BCUT2D eigenvalue weighted by Crippen LogP contribution is 2.37. The van der Waals surface area contributed by atoms with Gasteiger partial charge < -0.3 is 14.6 Å². The summed E-state index contributed by atoms with van der Waals surface area (Å²) in [5.74, 6) is -0.210. The van der Waals surface area contributed by atoms with Gasteiger partial charge in [-0.25, -0.2) is 4.79 Å². The molecule has 1 heterocycles. The van der Waals surface area contributed by atoms with Crippen molar-refractivity contribution >= 4 is 46.3 Å². The molecular weight excluding hydrogens is 518 g/mol. The predicted octanol–water partition coefficient (Wildman–Crippen LogP) is 7.11. The fourth-order valence-electron chi connectivity index (χ4n) is 4.32. The van der Waals surface area contributed by atoms with Crippen molar-refractivity contribution in [3.05, 3.63) is 64.6 Å². The zero-order valence-electron chi connectivity index (χ0n) is 22.4. The molecule has 8 heteroatoms. The lowest BCUT2D eigenvalue weighted by Crippen LogP contribution is -2.45. The minimum atomic E-state index is -1.09. The molecule has 2 aromatic rings. The highest BCUT2D eigenvalue weighted by molar-refractivity contribution is 8.26. The summed E-state index contributed by atoms with van der Waals surface area (Å²) in [6.07, 6.45) is 9.05. The first kappa shape index (κ1) is 29.7. The molecule has 2 unspecified atom stereocenters. The molecule has 0 radical (unpaired) electrons. The Morgan fingerprint density at radius 2 is 1.82 bits per heavy atom. The van der Waals surface area contributed by atoms with Crippen molar-refractivity contribution in [1.82, 2.24) is 4.90 Å². The number of carbonyl (C=O) groups is 2. The number of unbranched alkanes of at least 4 members (excludes halogenated alkanes) is 4. The molecular formula is C30H37NO5S2. The van der Waals surface area contributed by atoms with Crippen LogP contribution in [0.25, 0.3) is 6.08 Å². The lowest BCUT2D eigenvalue weighted by atomic mass is 10.0. The molecule has 2 atom stereocenters. The SMILES string of the molecule is CCCCCCCC(C)Oc1ccc(/C=C2/SC(=S)N(C(Cc3ccccc3)C(=O)O)C2=O)cc1OCC. The third-order valence-corrected chi connectivity index (χ3v) is 7.63. The number of hydrogen-bond acceptors (Lipinski definition) is 6. The number of carboxylic acids is 1. The second-order valence-electron chi connectivity index (χ2n) is 9.37. The van der Waals surface area contributed by atoms with E-state index in [9.17, 15) is 14.7 Å². The number of aliphatic carboxylic acids is 1. The van der Waals surface area contributed by atoms with Crippen molar-refractivity contribution < 1.29 is 24.2 Å². The van der Waals surface area contributed by atoms with Crippen LogP contribution in [-0.4, -0.2) is 45.0 Å². The average Bonchev–Trinajstić information content (AvgIpc) is 3.16. The van der Waals surface area contributed by atoms with Crippen molar-refractivity contribution in [2.75, 3.05) is 6.61 Å². The molecule has 0 bridgehead atoms. The van der Waals surface area contributed by atoms with Gasteiger partial charge >= 0.3 is 5.97 Å². The smallest absolute Gasteiger partial charge is 0.327 e. The van der Waals surface area contributed by atoms with Gasteiger partial charge in [0.05, 0.1) is 17.6 Å². The van der Waals surface area contributed by atoms with E-state index < -0.39 is 17.9 Å². The Labute approximate surface area is 235 Å². The van der Waals surface area contributed by atoms with Gasteiger partial charge in [0.15, 0.2) is 11.5 Å². The zero-order valence-corrected chi connectivity index (χ0v) is 24.0. The fraction of sp³-hybridized carbons (Fsp3) is 0.433. The monoisotopic (exact) mass is 555 g/mol. The summed E-state index contributed by atoms with van der Waals surface area (Å²) in [5.41, 5.74) is 1.58. The molecule has 2 aromatic carbocycles. The van der Waals surface area contributed by atoms with Crippen LogP contribution in [0.2, 0.25) is 0 Å². The molecule has 1 amide bonds. The van der Waals surface area contributed by atoms with Gasteiger partial charge in [-0.3, -0.25) is 9.69 Å². The molecule has 0 saturated carbocycles. The highest BCUT2D eigenvalue weighted by atomic mass is 32.2. The average molecular weight is 556 g/mol. The molecule has 1 aliphatic rings. The van der Waals surface area contributed by atoms with E-state index >= 15 is 0 Å². The maximum absolute atomic E-state index is 13.3. The summed E-state index contributed by atoms with van der Waals surface area (Å²) < 4.78 is 12.3. The van der Waals surface area contributed by atoms with E-state index in [1.54, 1.807) is 6.08 Å². The van der Waals surface area contributed by atoms with Crippen molar-refractivity contribution in [3.8, 4) is 11.5 Å². The Balaban J connectivity index is 1.73. The Hall–Kier alpha value is -2.84. The molecule has 0 aromatic heterocycles. The maximum atomic E-state index is 13.3. The number of benzene rings is 2. The maximum Gasteiger partial charge on any atom is 0.327 e. The van der Waals surface area contributed by atoms with Crippen molar-refractivity contribution in [2.45, 2.75) is 77.9 Å². The molecule has 6 nitrogen and oxygen atoms in total. The molecule has 0 aliphatic carbocycles. The zero-order chi connectivity index (χ0) is 27.5. The molecule has 38 heavy (non-hydrogen) atoms. The van der Waals surface area contributed by atoms with Gasteiger partial charge in [-0.05, 0) is 56.0 Å². The summed E-state index contributed by atoms with van der Waals surface area (Å²) in [6.45, 7) is 6.68. The molecule has 1 fully saturated rings. The van der Waals surface area contributed by atoms with E-state index in [0.717, 1.165) is 35.7 Å². The number of thioether (sulfide) groups is 1. The Morgan fingerprint density at radius 1 is 1.08 bits per heavy atom. The molecule has 1 aliphatic heterocycles. The number of ether oxygens (including phenoxy) is 2. The second-order valence-corrected chi connectivity index (χ2v) is 11.0. The van der Waals surface area contributed by atoms with Crippen LogP contribution in [0.5, 0.6) is 11.5 Å². The number of thiocarbonyl (C=S) groups is 1. The van der Waals surface area contributed by atoms with Crippen LogP contribution in [0.3, 0.4) is 0 Å². The Kier molecular flexibility index (Phi) is 11.7. The predicted molar refractivity (Wildman–Crippen MR) is 158 cm³/mol. The first-order chi connectivity index (χ1) is 18.3. The van der Waals surface area contributed by atoms with E-state index in [4.69, 9.17) is 21.7 Å². The van der Waals surface area contributed by atoms with Gasteiger partial charge in [-0.2, -0.15) is 0 Å². The first-order valence-corrected chi connectivity index (χ1v) is 14.5. The van der Waals surface area contributed by atoms with Gasteiger partial charge in [0, 0.05) is 6.42 Å². The minimum Gasteiger partial charge on any atom is -0.490 e. The van der Waals surface area contributed by atoms with Crippen molar-refractivity contribution in [3.63, 3.8) is 0 Å². The summed E-state index contributed by atoms with van der Waals surface area (Å²) in [7, 11) is 0. The van der Waals surface area contributed by atoms with Gasteiger partial charge in [0.1, 0.15) is 10.4 Å². The third kappa shape index (κ3) is 8.33. The number of hydrogen-bond donors (Lipinski definition) is 1. The standard InChI is InChI=1S/C30H37NO5S2/c1-4-6-7-8-10-13-21(3)36-25-17-16-23(19-26(25)35-5-2)20-27-28(32)31(30(37)38-27)24(29(33)34)18-22-14-11-9-12-15-22/h9,11-12,14-17,19-21,24H,4-8,10,13,18H2,1-3H3,(H,33,34)/b27-20+. The van der Waals surface area contributed by atoms with Crippen LogP contribution in [-0.2, 0) is 16.0 Å². The number of amides is 1. The molecule has 1 saturated heterocycles. The van der Waals surface area contributed by atoms with Crippen LogP contribution in [0.15, 0.2) is 53.4 Å². The van der Waals surface area contributed by atoms with Gasteiger partial charge in [-0.1, -0.05) is 93.0 Å². The van der Waals surface area contributed by atoms with Crippen LogP contribution in [0.1, 0.15) is 70.4 Å². The topological polar surface area (TPSA) is 76.1 Å². The Morgan fingerprint density at radius 3 is 2.50 bits per heavy atom. The molecule has 204 valence electrons. The number of carboxylic acid groups (broad SMARTS) is 1. The normalized spacial score (nSPS) is 16.1. The van der Waals surface area contributed by atoms with Crippen LogP contribution >= 0.6 is 24.0 Å². The van der Waals surface area contributed by atoms with Crippen molar-refractivity contribution in [2.24, 2.45) is 0 Å². The number of carbonyl (C=O) groups excluding carboxylic acids is 1. The third-order valence-electron chi connectivity index (χ3n) is 6.30. The highest BCUT2D eigenvalue weighted by Gasteiger charge is 2.40. The van der Waals surface area contributed by atoms with E-state index in [1.165, 1.54) is 30.6 Å². The van der Waals surface area contributed by atoms with Crippen LogP contribution in [0.4, 0.5) is 0 Å². The minimum absolute atomic E-state index is 0.0653. The van der Waals surface area contributed by atoms with Gasteiger partial charge in [-0.15, -0.1) is 0 Å². The Bertz CT molecular complexity index is 1130. The summed E-state index contributed by atoms with van der Waals surface area (Å²) in [5, 5.41) is 9.88. The quantitative estimate of drug-likeness (QED) is 0.143. The molecule has 1 N–H and O–H groups in total. The summed E-state index contributed by atoms with van der Waals surface area (Å²) >= 11 is 6.55. The van der Waals surface area contributed by atoms with E-state index in [2.05, 4.69) is 13.8 Å². The number of rotatable bonds is 15. The van der Waals surface area contributed by atoms with E-state index in [-0.39, 0.29) is 16.8 Å². The molecule has 3 rings (SSSR count). The van der Waals surface area contributed by atoms with Crippen molar-refractivity contribution in [1.29, 1.82) is 0 Å². The van der Waals surface area contributed by atoms with E-state index in [1.807, 2.05) is 55.5 Å². The largest absolute Gasteiger partial charge is 0.490 e. The fourth-order valence-corrected chi connectivity index (χ4v) is 5.67. The second kappa shape index (κ2) is 14.9. The van der Waals surface area contributed by atoms with Gasteiger partial charge in [0.25, 0.3) is 5.91 Å².